The molecule has 1 amide bonds. The van der Waals surface area contributed by atoms with E-state index in [2.05, 4.69) is 5.32 Å². The van der Waals surface area contributed by atoms with Crippen LogP contribution in [-0.2, 0) is 11.3 Å². The molecule has 0 unspecified atom stereocenters. The summed E-state index contributed by atoms with van der Waals surface area (Å²) in [5, 5.41) is 3.17. The fourth-order valence-electron chi connectivity index (χ4n) is 3.04. The van der Waals surface area contributed by atoms with Gasteiger partial charge in [0.2, 0.25) is 0 Å². The fourth-order valence-corrected chi connectivity index (χ4v) is 3.21. The number of rotatable bonds is 7. The Morgan fingerprint density at radius 2 is 1.84 bits per heavy atom. The zero-order valence-electron chi connectivity index (χ0n) is 17.3. The molecule has 0 aliphatic rings. The zero-order valence-corrected chi connectivity index (χ0v) is 18.1. The molecule has 0 aromatic heterocycles. The second-order valence-corrected chi connectivity index (χ2v) is 7.41. The highest BCUT2D eigenvalue weighted by molar-refractivity contribution is 6.31. The third-order valence-electron chi connectivity index (χ3n) is 4.75. The lowest BCUT2D eigenvalue weighted by Gasteiger charge is -2.17. The van der Waals surface area contributed by atoms with E-state index in [9.17, 15) is 18.4 Å². The molecule has 0 spiro atoms. The van der Waals surface area contributed by atoms with Crippen molar-refractivity contribution in [1.82, 2.24) is 5.32 Å². The summed E-state index contributed by atoms with van der Waals surface area (Å²) in [4.78, 5) is 24.7. The van der Waals surface area contributed by atoms with E-state index in [0.717, 1.165) is 18.2 Å². The molecule has 0 saturated heterocycles. The first-order chi connectivity index (χ1) is 15.3. The van der Waals surface area contributed by atoms with Crippen molar-refractivity contribution in [2.75, 3.05) is 7.11 Å². The Morgan fingerprint density at radius 3 is 2.59 bits per heavy atom. The summed E-state index contributed by atoms with van der Waals surface area (Å²) >= 11 is 6.07. The van der Waals surface area contributed by atoms with Crippen LogP contribution in [0.15, 0.2) is 60.7 Å². The average molecular weight is 460 g/mol. The van der Waals surface area contributed by atoms with Crippen LogP contribution in [0.2, 0.25) is 5.02 Å². The monoisotopic (exact) mass is 459 g/mol. The molecule has 1 N–H and O–H groups in total. The van der Waals surface area contributed by atoms with Crippen molar-refractivity contribution in [2.24, 2.45) is 0 Å². The summed E-state index contributed by atoms with van der Waals surface area (Å²) in [7, 11) is 1.29. The summed E-state index contributed by atoms with van der Waals surface area (Å²) in [5.41, 5.74) is 1.72. The predicted octanol–water partition coefficient (Wildman–Crippen LogP) is 5.47. The summed E-state index contributed by atoms with van der Waals surface area (Å²) in [6, 6.07) is 13.8. The van der Waals surface area contributed by atoms with Crippen LogP contribution in [0.5, 0.6) is 5.75 Å². The van der Waals surface area contributed by atoms with E-state index in [1.54, 1.807) is 43.3 Å². The molecule has 5 nitrogen and oxygen atoms in total. The van der Waals surface area contributed by atoms with E-state index in [-0.39, 0.29) is 17.9 Å². The Kier molecular flexibility index (Phi) is 7.43. The van der Waals surface area contributed by atoms with Crippen molar-refractivity contribution in [3.63, 3.8) is 0 Å². The molecule has 3 rings (SSSR count). The minimum absolute atomic E-state index is 0.174. The van der Waals surface area contributed by atoms with E-state index < -0.39 is 29.6 Å². The van der Waals surface area contributed by atoms with Crippen molar-refractivity contribution in [3.05, 3.63) is 99.6 Å². The van der Waals surface area contributed by atoms with E-state index in [0.29, 0.717) is 21.7 Å². The zero-order chi connectivity index (χ0) is 23.3. The van der Waals surface area contributed by atoms with Gasteiger partial charge in [0, 0.05) is 22.2 Å². The maximum absolute atomic E-state index is 13.8. The first-order valence-corrected chi connectivity index (χ1v) is 10.0. The van der Waals surface area contributed by atoms with Gasteiger partial charge in [-0.15, -0.1) is 0 Å². The van der Waals surface area contributed by atoms with Crippen LogP contribution in [0, 0.1) is 11.6 Å². The second kappa shape index (κ2) is 10.2. The number of esters is 1. The van der Waals surface area contributed by atoms with Gasteiger partial charge in [0.15, 0.2) is 11.6 Å². The third kappa shape index (κ3) is 5.62. The molecule has 166 valence electrons. The number of hydrogen-bond acceptors (Lipinski definition) is 4. The van der Waals surface area contributed by atoms with E-state index in [1.807, 2.05) is 0 Å². The van der Waals surface area contributed by atoms with Crippen molar-refractivity contribution in [3.8, 4) is 5.75 Å². The predicted molar refractivity (Wildman–Crippen MR) is 116 cm³/mol. The van der Waals surface area contributed by atoms with E-state index in [4.69, 9.17) is 21.1 Å². The second-order valence-electron chi connectivity index (χ2n) is 6.98. The van der Waals surface area contributed by atoms with Crippen LogP contribution < -0.4 is 10.1 Å². The largest absolute Gasteiger partial charge is 0.486 e. The quantitative estimate of drug-likeness (QED) is 0.475. The molecule has 3 aromatic rings. The van der Waals surface area contributed by atoms with Crippen LogP contribution in [0.3, 0.4) is 0 Å². The minimum atomic E-state index is -0.717. The molecule has 0 fully saturated rings. The molecule has 8 heteroatoms. The maximum Gasteiger partial charge on any atom is 0.337 e. The van der Waals surface area contributed by atoms with Crippen LogP contribution in [0.4, 0.5) is 8.78 Å². The number of ether oxygens (including phenoxy) is 2. The van der Waals surface area contributed by atoms with Crippen molar-refractivity contribution in [1.29, 1.82) is 0 Å². The van der Waals surface area contributed by atoms with Gasteiger partial charge in [-0.3, -0.25) is 4.79 Å². The van der Waals surface area contributed by atoms with Gasteiger partial charge < -0.3 is 14.8 Å². The van der Waals surface area contributed by atoms with Crippen molar-refractivity contribution in [2.45, 2.75) is 19.6 Å². The molecular weight excluding hydrogens is 440 g/mol. The molecule has 1 atom stereocenters. The number of nitrogens with one attached hydrogen (secondary N) is 1. The molecule has 32 heavy (non-hydrogen) atoms. The highest BCUT2D eigenvalue weighted by atomic mass is 35.5. The number of methoxy groups -OCH3 is 1. The van der Waals surface area contributed by atoms with Crippen LogP contribution in [0.25, 0.3) is 0 Å². The maximum atomic E-state index is 13.8. The lowest BCUT2D eigenvalue weighted by atomic mass is 10.0. The smallest absolute Gasteiger partial charge is 0.337 e. The molecule has 0 aliphatic carbocycles. The summed E-state index contributed by atoms with van der Waals surface area (Å²) in [5.74, 6) is -2.55. The third-order valence-corrected chi connectivity index (χ3v) is 4.98. The molecule has 3 aromatic carbocycles. The Labute approximate surface area is 188 Å². The lowest BCUT2D eigenvalue weighted by Crippen LogP contribution is -2.28. The average Bonchev–Trinajstić information content (AvgIpc) is 2.79. The number of carbonyl (C=O) groups excluding carboxylic acids is 2. The molecular formula is C24H20ClF2NO4. The SMILES string of the molecule is COC(=O)c1cccc([C@H](C)NC(=O)c2cc(Cl)ccc2COc2cc(F)ccc2F)c1. The Balaban J connectivity index is 1.78. The first kappa shape index (κ1) is 23.2. The van der Waals surface area contributed by atoms with E-state index in [1.165, 1.54) is 13.2 Å². The Morgan fingerprint density at radius 1 is 1.06 bits per heavy atom. The van der Waals surface area contributed by atoms with Crippen molar-refractivity contribution < 1.29 is 27.8 Å². The van der Waals surface area contributed by atoms with Gasteiger partial charge >= 0.3 is 5.97 Å². The van der Waals surface area contributed by atoms with Gasteiger partial charge in [-0.1, -0.05) is 29.8 Å². The molecule has 0 aliphatic heterocycles. The summed E-state index contributed by atoms with van der Waals surface area (Å²) in [6.07, 6.45) is 0. The normalized spacial score (nSPS) is 11.5. The lowest BCUT2D eigenvalue weighted by molar-refractivity contribution is 0.0600. The van der Waals surface area contributed by atoms with Crippen LogP contribution >= 0.6 is 11.6 Å². The molecule has 0 bridgehead atoms. The number of hydrogen-bond donors (Lipinski definition) is 1. The van der Waals surface area contributed by atoms with Gasteiger partial charge in [-0.05, 0) is 48.9 Å². The Bertz CT molecular complexity index is 1150. The van der Waals surface area contributed by atoms with Gasteiger partial charge in [0.25, 0.3) is 5.91 Å². The standard InChI is InChI=1S/C24H20ClF2NO4/c1-14(15-4-3-5-16(10-15)24(30)31-2)28-23(29)20-11-18(25)7-6-17(20)13-32-22-12-19(26)8-9-21(22)27/h3-12,14H,13H2,1-2H3,(H,28,29)/t14-/m0/s1. The first-order valence-electron chi connectivity index (χ1n) is 9.64. The molecule has 0 radical (unpaired) electrons. The summed E-state index contributed by atoms with van der Waals surface area (Å²) in [6.45, 7) is 1.59. The van der Waals surface area contributed by atoms with Gasteiger partial charge in [0.1, 0.15) is 12.4 Å². The number of halogens is 3. The van der Waals surface area contributed by atoms with Crippen LogP contribution in [0.1, 0.15) is 44.8 Å². The number of benzene rings is 3. The summed E-state index contributed by atoms with van der Waals surface area (Å²) < 4.78 is 37.3. The van der Waals surface area contributed by atoms with E-state index >= 15 is 0 Å². The van der Waals surface area contributed by atoms with Crippen molar-refractivity contribution >= 4 is 23.5 Å². The van der Waals surface area contributed by atoms with Gasteiger partial charge in [-0.2, -0.15) is 0 Å². The van der Waals surface area contributed by atoms with Gasteiger partial charge in [-0.25, -0.2) is 13.6 Å². The number of carbonyl (C=O) groups is 2. The highest BCUT2D eigenvalue weighted by Gasteiger charge is 2.18. The Hall–Kier alpha value is -3.45. The topological polar surface area (TPSA) is 64.6 Å². The minimum Gasteiger partial charge on any atom is -0.486 e. The molecule has 0 heterocycles. The molecule has 0 saturated carbocycles. The highest BCUT2D eigenvalue weighted by Crippen LogP contribution is 2.23. The number of amides is 1. The van der Waals surface area contributed by atoms with Gasteiger partial charge in [0.05, 0.1) is 18.7 Å². The van der Waals surface area contributed by atoms with Crippen LogP contribution in [-0.4, -0.2) is 19.0 Å². The fraction of sp³-hybridized carbons (Fsp3) is 0.167.